The molecule has 4 nitrogen and oxygen atoms in total. The van der Waals surface area contributed by atoms with Crippen LogP contribution in [0, 0.1) is 17.5 Å². The summed E-state index contributed by atoms with van der Waals surface area (Å²) in [4.78, 5) is 3.55. The fourth-order valence-electron chi connectivity index (χ4n) is 1.06. The minimum Gasteiger partial charge on any atom is -0.503 e. The molecular weight excluding hydrogens is 293 g/mol. The molecule has 16 heavy (non-hydrogen) atoms. The lowest BCUT2D eigenvalue weighted by atomic mass is 10.2. The zero-order valence-corrected chi connectivity index (χ0v) is 8.93. The summed E-state index contributed by atoms with van der Waals surface area (Å²) in [5.41, 5.74) is -0.519. The van der Waals surface area contributed by atoms with Crippen molar-refractivity contribution in [3.05, 3.63) is 28.3 Å². The zero-order chi connectivity index (χ0) is 11.9. The van der Waals surface area contributed by atoms with Crippen molar-refractivity contribution >= 4 is 15.9 Å². The van der Waals surface area contributed by atoms with Crippen molar-refractivity contribution in [3.8, 4) is 17.2 Å². The topological polar surface area (TPSA) is 59.2 Å². The molecular formula is C8H2BrF3N2O2. The number of nitrogens with zero attached hydrogens (tertiary/aromatic N) is 2. The van der Waals surface area contributed by atoms with Gasteiger partial charge in [0.25, 0.3) is 5.89 Å². The van der Waals surface area contributed by atoms with Gasteiger partial charge in [-0.2, -0.15) is 9.37 Å². The van der Waals surface area contributed by atoms with E-state index in [0.29, 0.717) is 6.07 Å². The van der Waals surface area contributed by atoms with Crippen LogP contribution < -0.4 is 0 Å². The molecule has 0 aliphatic heterocycles. The highest BCUT2D eigenvalue weighted by molar-refractivity contribution is 9.10. The number of aromatic nitrogens is 2. The molecule has 1 aromatic heterocycles. The number of benzene rings is 1. The number of rotatable bonds is 1. The number of halogens is 4. The van der Waals surface area contributed by atoms with Gasteiger partial charge in [0.15, 0.2) is 17.4 Å². The Morgan fingerprint density at radius 2 is 1.94 bits per heavy atom. The third kappa shape index (κ3) is 1.64. The van der Waals surface area contributed by atoms with Crippen molar-refractivity contribution in [3.63, 3.8) is 0 Å². The maximum Gasteiger partial charge on any atom is 0.261 e. The van der Waals surface area contributed by atoms with Gasteiger partial charge in [-0.25, -0.2) is 8.78 Å². The first-order valence-electron chi connectivity index (χ1n) is 3.86. The van der Waals surface area contributed by atoms with Crippen molar-refractivity contribution in [1.29, 1.82) is 0 Å². The van der Waals surface area contributed by atoms with E-state index < -0.39 is 28.8 Å². The number of aromatic hydroxyl groups is 1. The molecule has 0 aliphatic carbocycles. The van der Waals surface area contributed by atoms with Gasteiger partial charge in [0.05, 0.1) is 5.56 Å². The summed E-state index contributed by atoms with van der Waals surface area (Å²) in [5.74, 6) is -6.25. The van der Waals surface area contributed by atoms with Crippen LogP contribution >= 0.6 is 15.9 Å². The van der Waals surface area contributed by atoms with Gasteiger partial charge in [-0.05, 0) is 27.2 Å². The lowest BCUT2D eigenvalue weighted by Crippen LogP contribution is -1.93. The highest BCUT2D eigenvalue weighted by atomic mass is 79.9. The molecule has 0 spiro atoms. The van der Waals surface area contributed by atoms with Gasteiger partial charge < -0.3 is 9.63 Å². The number of phenolic OH excluding ortho intramolecular Hbond substituents is 1. The van der Waals surface area contributed by atoms with Crippen LogP contribution in [0.2, 0.25) is 0 Å². The van der Waals surface area contributed by atoms with E-state index in [0.717, 1.165) is 0 Å². The van der Waals surface area contributed by atoms with Crippen LogP contribution in [0.15, 0.2) is 15.3 Å². The fourth-order valence-corrected chi connectivity index (χ4v) is 1.29. The second kappa shape index (κ2) is 3.78. The molecule has 1 heterocycles. The van der Waals surface area contributed by atoms with Crippen molar-refractivity contribution < 1.29 is 22.8 Å². The van der Waals surface area contributed by atoms with Crippen molar-refractivity contribution in [2.45, 2.75) is 0 Å². The summed E-state index contributed by atoms with van der Waals surface area (Å²) >= 11 is 2.84. The summed E-state index contributed by atoms with van der Waals surface area (Å²) in [5, 5.41) is 12.2. The first-order chi connectivity index (χ1) is 7.50. The summed E-state index contributed by atoms with van der Waals surface area (Å²) in [6.07, 6.45) is 0. The van der Waals surface area contributed by atoms with Crippen molar-refractivity contribution in [2.75, 3.05) is 0 Å². The highest BCUT2D eigenvalue weighted by Gasteiger charge is 2.22. The average Bonchev–Trinajstić information content (AvgIpc) is 2.67. The highest BCUT2D eigenvalue weighted by Crippen LogP contribution is 2.31. The molecule has 2 rings (SSSR count). The van der Waals surface area contributed by atoms with Gasteiger partial charge in [-0.3, -0.25) is 0 Å². The van der Waals surface area contributed by atoms with E-state index in [1.54, 1.807) is 0 Å². The Morgan fingerprint density at radius 1 is 1.25 bits per heavy atom. The molecule has 0 radical (unpaired) electrons. The number of phenols is 1. The third-order valence-corrected chi connectivity index (χ3v) is 2.09. The first kappa shape index (κ1) is 10.9. The van der Waals surface area contributed by atoms with Crippen LogP contribution in [-0.2, 0) is 0 Å². The van der Waals surface area contributed by atoms with Crippen molar-refractivity contribution in [1.82, 2.24) is 10.1 Å². The zero-order valence-electron chi connectivity index (χ0n) is 7.34. The Balaban J connectivity index is 2.66. The monoisotopic (exact) mass is 294 g/mol. The molecule has 0 amide bonds. The molecule has 84 valence electrons. The minimum absolute atomic E-state index is 0.0196. The second-order valence-corrected chi connectivity index (χ2v) is 3.46. The molecule has 0 saturated heterocycles. The maximum absolute atomic E-state index is 13.3. The SMILES string of the molecule is Oc1c(F)c(F)cc(-c2nc(Br)no2)c1F. The molecule has 0 fully saturated rings. The van der Waals surface area contributed by atoms with E-state index in [-0.39, 0.29) is 10.6 Å². The van der Waals surface area contributed by atoms with E-state index in [2.05, 4.69) is 30.6 Å². The predicted octanol–water partition coefficient (Wildman–Crippen LogP) is 2.62. The Kier molecular flexibility index (Phi) is 2.58. The molecule has 1 N–H and O–H groups in total. The second-order valence-electron chi connectivity index (χ2n) is 2.75. The maximum atomic E-state index is 13.3. The Labute approximate surface area is 94.8 Å². The normalized spacial score (nSPS) is 10.8. The van der Waals surface area contributed by atoms with E-state index in [4.69, 9.17) is 5.11 Å². The van der Waals surface area contributed by atoms with Gasteiger partial charge in [0.2, 0.25) is 10.6 Å². The van der Waals surface area contributed by atoms with E-state index in [1.165, 1.54) is 0 Å². The number of hydrogen-bond donors (Lipinski definition) is 1. The van der Waals surface area contributed by atoms with Gasteiger partial charge in [-0.1, -0.05) is 0 Å². The van der Waals surface area contributed by atoms with Crippen LogP contribution in [0.3, 0.4) is 0 Å². The standard InChI is InChI=1S/C8H2BrF3N2O2/c9-8-13-7(16-14-8)2-1-3(10)5(12)6(15)4(2)11/h1,15H. The minimum atomic E-state index is -1.67. The lowest BCUT2D eigenvalue weighted by Gasteiger charge is -2.02. The van der Waals surface area contributed by atoms with Crippen molar-refractivity contribution in [2.24, 2.45) is 0 Å². The molecule has 0 bridgehead atoms. The van der Waals surface area contributed by atoms with E-state index >= 15 is 0 Å². The lowest BCUT2D eigenvalue weighted by molar-refractivity contribution is 0.373. The molecule has 0 unspecified atom stereocenters. The summed E-state index contributed by atoms with van der Waals surface area (Å²) in [6, 6.07) is 0.518. The van der Waals surface area contributed by atoms with Crippen LogP contribution in [-0.4, -0.2) is 15.2 Å². The van der Waals surface area contributed by atoms with Gasteiger partial charge in [0.1, 0.15) is 0 Å². The molecule has 0 saturated carbocycles. The Bertz CT molecular complexity index is 558. The molecule has 1 aromatic carbocycles. The molecule has 8 heteroatoms. The van der Waals surface area contributed by atoms with Crippen LogP contribution in [0.4, 0.5) is 13.2 Å². The molecule has 0 aliphatic rings. The first-order valence-corrected chi connectivity index (χ1v) is 4.66. The average molecular weight is 295 g/mol. The summed E-state index contributed by atoms with van der Waals surface area (Å²) in [6.45, 7) is 0. The Hall–Kier alpha value is -1.57. The summed E-state index contributed by atoms with van der Waals surface area (Å²) < 4.78 is 43.6. The fraction of sp³-hybridized carbons (Fsp3) is 0. The Morgan fingerprint density at radius 3 is 2.50 bits per heavy atom. The predicted molar refractivity (Wildman–Crippen MR) is 49.0 cm³/mol. The van der Waals surface area contributed by atoms with Gasteiger partial charge in [0, 0.05) is 0 Å². The molecule has 2 aromatic rings. The van der Waals surface area contributed by atoms with Crippen LogP contribution in [0.25, 0.3) is 11.5 Å². The van der Waals surface area contributed by atoms with E-state index in [9.17, 15) is 13.2 Å². The van der Waals surface area contributed by atoms with Crippen LogP contribution in [0.5, 0.6) is 5.75 Å². The van der Waals surface area contributed by atoms with Gasteiger partial charge >= 0.3 is 0 Å². The summed E-state index contributed by atoms with van der Waals surface area (Å²) in [7, 11) is 0. The smallest absolute Gasteiger partial charge is 0.261 e. The number of hydrogen-bond acceptors (Lipinski definition) is 4. The largest absolute Gasteiger partial charge is 0.503 e. The van der Waals surface area contributed by atoms with E-state index in [1.807, 2.05) is 0 Å². The molecule has 0 atom stereocenters. The van der Waals surface area contributed by atoms with Crippen LogP contribution in [0.1, 0.15) is 0 Å². The van der Waals surface area contributed by atoms with Gasteiger partial charge in [-0.15, -0.1) is 0 Å². The third-order valence-electron chi connectivity index (χ3n) is 1.76. The quantitative estimate of drug-likeness (QED) is 0.822.